The number of aromatic amines is 1. The number of carbonyl (C=O) groups is 1. The molecular formula is C24H21F4N3O3S. The van der Waals surface area contributed by atoms with Crippen LogP contribution in [0.15, 0.2) is 40.5 Å². The van der Waals surface area contributed by atoms with Crippen LogP contribution >= 0.6 is 11.3 Å². The molecule has 1 aromatic carbocycles. The summed E-state index contributed by atoms with van der Waals surface area (Å²) in [5.41, 5.74) is -2.20. The van der Waals surface area contributed by atoms with Gasteiger partial charge in [0.25, 0.3) is 11.5 Å². The fourth-order valence-electron chi connectivity index (χ4n) is 4.60. The first-order chi connectivity index (χ1) is 16.6. The van der Waals surface area contributed by atoms with Crippen molar-refractivity contribution in [2.75, 3.05) is 6.54 Å². The van der Waals surface area contributed by atoms with E-state index in [1.54, 1.807) is 11.3 Å². The van der Waals surface area contributed by atoms with Crippen LogP contribution in [0, 0.1) is 5.82 Å². The fraction of sp³-hybridized carbons (Fsp3) is 0.375. The molecule has 0 radical (unpaired) electrons. The largest absolute Gasteiger partial charge is 0.419 e. The SMILES string of the molecule is O=C(C(O)c1cccc(C(F)(F)F)c1F)N1CCCc2nc(C3(c4cccs4)CC3)[nH]c(=O)c2C1. The number of aliphatic hydroxyl groups is 1. The van der Waals surface area contributed by atoms with Crippen LogP contribution < -0.4 is 5.56 Å². The van der Waals surface area contributed by atoms with Gasteiger partial charge in [0.05, 0.1) is 28.8 Å². The molecule has 2 aromatic heterocycles. The smallest absolute Gasteiger partial charge is 0.378 e. The second-order valence-corrected chi connectivity index (χ2v) is 9.82. The predicted molar refractivity (Wildman–Crippen MR) is 119 cm³/mol. The van der Waals surface area contributed by atoms with Crippen molar-refractivity contribution in [3.05, 3.63) is 85.0 Å². The Balaban J connectivity index is 1.42. The van der Waals surface area contributed by atoms with E-state index in [0.29, 0.717) is 30.4 Å². The van der Waals surface area contributed by atoms with Crippen LogP contribution in [0.3, 0.4) is 0 Å². The maximum atomic E-state index is 14.5. The standard InChI is InChI=1S/C24H21F4N3O3S/c25-18-13(4-1-5-15(18)24(26,27)28)19(32)21(34)31-10-2-6-16-14(12-31)20(33)30-22(29-16)23(8-9-23)17-7-3-11-35-17/h1,3-5,7,11,19,32H,2,6,8-10,12H2,(H,29,30,33). The number of benzene rings is 1. The molecule has 1 saturated carbocycles. The number of halogens is 4. The molecule has 1 aliphatic carbocycles. The summed E-state index contributed by atoms with van der Waals surface area (Å²) < 4.78 is 53.7. The van der Waals surface area contributed by atoms with E-state index in [1.807, 2.05) is 17.5 Å². The summed E-state index contributed by atoms with van der Waals surface area (Å²) in [6, 6.07) is 6.39. The van der Waals surface area contributed by atoms with Crippen molar-refractivity contribution in [3.8, 4) is 0 Å². The molecule has 35 heavy (non-hydrogen) atoms. The first-order valence-electron chi connectivity index (χ1n) is 11.1. The third-order valence-electron chi connectivity index (χ3n) is 6.66. The van der Waals surface area contributed by atoms with Crippen LogP contribution in [0.25, 0.3) is 0 Å². The van der Waals surface area contributed by atoms with Gasteiger partial charge in [-0.1, -0.05) is 18.2 Å². The zero-order chi connectivity index (χ0) is 25.0. The molecule has 11 heteroatoms. The van der Waals surface area contributed by atoms with E-state index in [2.05, 4.69) is 4.98 Å². The van der Waals surface area contributed by atoms with Crippen molar-refractivity contribution in [3.63, 3.8) is 0 Å². The number of aliphatic hydroxyl groups excluding tert-OH is 1. The van der Waals surface area contributed by atoms with Gasteiger partial charge in [0.2, 0.25) is 0 Å². The Morgan fingerprint density at radius 1 is 1.23 bits per heavy atom. The molecule has 6 nitrogen and oxygen atoms in total. The van der Waals surface area contributed by atoms with E-state index in [9.17, 15) is 32.3 Å². The number of carbonyl (C=O) groups excluding carboxylic acids is 1. The number of aromatic nitrogens is 2. The first-order valence-corrected chi connectivity index (χ1v) is 12.0. The zero-order valence-corrected chi connectivity index (χ0v) is 19.2. The number of nitrogens with one attached hydrogen (secondary N) is 1. The molecule has 0 spiro atoms. The van der Waals surface area contributed by atoms with E-state index in [4.69, 9.17) is 4.98 Å². The van der Waals surface area contributed by atoms with Gasteiger partial charge in [-0.15, -0.1) is 11.3 Å². The number of amides is 1. The molecule has 3 heterocycles. The molecule has 3 aromatic rings. The maximum Gasteiger partial charge on any atom is 0.419 e. The van der Waals surface area contributed by atoms with Crippen LogP contribution in [0.2, 0.25) is 0 Å². The summed E-state index contributed by atoms with van der Waals surface area (Å²) in [6.45, 7) is -0.0436. The lowest BCUT2D eigenvalue weighted by Crippen LogP contribution is -2.37. The van der Waals surface area contributed by atoms with Crippen molar-refractivity contribution in [2.24, 2.45) is 0 Å². The summed E-state index contributed by atoms with van der Waals surface area (Å²) in [7, 11) is 0. The number of thiophene rings is 1. The topological polar surface area (TPSA) is 86.3 Å². The average Bonchev–Trinajstić information content (AvgIpc) is 3.50. The quantitative estimate of drug-likeness (QED) is 0.522. The van der Waals surface area contributed by atoms with Gasteiger partial charge in [0.15, 0.2) is 6.10 Å². The molecule has 0 saturated heterocycles. The van der Waals surface area contributed by atoms with Gasteiger partial charge in [0, 0.05) is 17.0 Å². The Morgan fingerprint density at radius 3 is 2.66 bits per heavy atom. The molecule has 1 atom stereocenters. The minimum atomic E-state index is -4.97. The van der Waals surface area contributed by atoms with E-state index >= 15 is 0 Å². The average molecular weight is 508 g/mol. The van der Waals surface area contributed by atoms with Crippen molar-refractivity contribution in [1.29, 1.82) is 0 Å². The number of nitrogens with zero attached hydrogens (tertiary/aromatic N) is 2. The number of H-pyrrole nitrogens is 1. The molecule has 2 aliphatic rings. The molecule has 5 rings (SSSR count). The summed E-state index contributed by atoms with van der Waals surface area (Å²) >= 11 is 1.60. The van der Waals surface area contributed by atoms with Crippen LogP contribution in [0.5, 0.6) is 0 Å². The summed E-state index contributed by atoms with van der Waals surface area (Å²) in [5.74, 6) is -2.07. The summed E-state index contributed by atoms with van der Waals surface area (Å²) in [4.78, 5) is 35.9. The monoisotopic (exact) mass is 507 g/mol. The Hall–Kier alpha value is -3.05. The van der Waals surface area contributed by atoms with E-state index in [-0.39, 0.29) is 24.1 Å². The highest BCUT2D eigenvalue weighted by atomic mass is 32.1. The predicted octanol–water partition coefficient (Wildman–Crippen LogP) is 4.08. The molecule has 1 fully saturated rings. The molecule has 1 unspecified atom stereocenters. The number of aryl methyl sites for hydroxylation is 1. The van der Waals surface area contributed by atoms with Gasteiger partial charge in [0.1, 0.15) is 11.6 Å². The molecule has 1 aliphatic heterocycles. The van der Waals surface area contributed by atoms with Crippen molar-refractivity contribution in [1.82, 2.24) is 14.9 Å². The number of hydrogen-bond donors (Lipinski definition) is 2. The Labute approximate surface area is 201 Å². The summed E-state index contributed by atoms with van der Waals surface area (Å²) in [5, 5.41) is 12.5. The lowest BCUT2D eigenvalue weighted by Gasteiger charge is -2.24. The van der Waals surface area contributed by atoms with Crippen molar-refractivity contribution >= 4 is 17.2 Å². The maximum absolute atomic E-state index is 14.5. The zero-order valence-electron chi connectivity index (χ0n) is 18.4. The normalized spacial score (nSPS) is 18.0. The molecule has 1 amide bonds. The second-order valence-electron chi connectivity index (χ2n) is 8.87. The Morgan fingerprint density at radius 2 is 2.00 bits per heavy atom. The third kappa shape index (κ3) is 4.16. The van der Waals surface area contributed by atoms with Crippen LogP contribution in [-0.4, -0.2) is 32.4 Å². The van der Waals surface area contributed by atoms with Crippen molar-refractivity contribution in [2.45, 2.75) is 49.9 Å². The van der Waals surface area contributed by atoms with Crippen LogP contribution in [-0.2, 0) is 29.4 Å². The van der Waals surface area contributed by atoms with Gasteiger partial charge in [-0.2, -0.15) is 13.2 Å². The third-order valence-corrected chi connectivity index (χ3v) is 7.74. The number of alkyl halides is 3. The fourth-order valence-corrected chi connectivity index (χ4v) is 5.59. The number of hydrogen-bond acceptors (Lipinski definition) is 5. The van der Waals surface area contributed by atoms with E-state index in [0.717, 1.165) is 29.9 Å². The summed E-state index contributed by atoms with van der Waals surface area (Å²) in [6.07, 6.45) is -4.52. The van der Waals surface area contributed by atoms with Gasteiger partial charge < -0.3 is 15.0 Å². The minimum absolute atomic E-state index is 0.137. The highest BCUT2D eigenvalue weighted by molar-refractivity contribution is 7.10. The molecule has 0 bridgehead atoms. The molecule has 2 N–H and O–H groups in total. The van der Waals surface area contributed by atoms with Gasteiger partial charge >= 0.3 is 6.18 Å². The molecule has 184 valence electrons. The van der Waals surface area contributed by atoms with Gasteiger partial charge in [-0.3, -0.25) is 9.59 Å². The second kappa shape index (κ2) is 8.56. The lowest BCUT2D eigenvalue weighted by atomic mass is 10.0. The lowest BCUT2D eigenvalue weighted by molar-refractivity contribution is -0.143. The van der Waals surface area contributed by atoms with Crippen LogP contribution in [0.4, 0.5) is 17.6 Å². The van der Waals surface area contributed by atoms with E-state index < -0.39 is 40.7 Å². The highest BCUT2D eigenvalue weighted by Gasteiger charge is 2.49. The minimum Gasteiger partial charge on any atom is -0.378 e. The first kappa shape index (κ1) is 23.7. The highest BCUT2D eigenvalue weighted by Crippen LogP contribution is 2.53. The Bertz CT molecular complexity index is 1330. The molecular weight excluding hydrogens is 486 g/mol. The van der Waals surface area contributed by atoms with Crippen molar-refractivity contribution < 1.29 is 27.5 Å². The number of fused-ring (bicyclic) bond motifs is 1. The number of rotatable bonds is 4. The van der Waals surface area contributed by atoms with Crippen LogP contribution in [0.1, 0.15) is 58.5 Å². The van der Waals surface area contributed by atoms with Gasteiger partial charge in [-0.25, -0.2) is 9.37 Å². The Kier molecular flexibility index (Phi) is 5.79. The van der Waals surface area contributed by atoms with Gasteiger partial charge in [-0.05, 0) is 43.2 Å². The van der Waals surface area contributed by atoms with E-state index in [1.165, 1.54) is 4.90 Å².